The molecule has 1 heterocycles. The standard InChI is InChI=1S/C18H17ClN2O4S/c1-12-16(11-20-26(22,23)14-9-7-13(19)8-10-14)21-18(25-12)15-5-3-4-6-17(15)24-2/h3-10,20H,11H2,1-2H3. The first-order valence-corrected chi connectivity index (χ1v) is 9.62. The van der Waals surface area contributed by atoms with E-state index in [-0.39, 0.29) is 11.4 Å². The Labute approximate surface area is 156 Å². The Morgan fingerprint density at radius 1 is 1.15 bits per heavy atom. The number of hydrogen-bond donors (Lipinski definition) is 1. The summed E-state index contributed by atoms with van der Waals surface area (Å²) in [5.41, 5.74) is 1.20. The maximum absolute atomic E-state index is 12.4. The van der Waals surface area contributed by atoms with Crippen molar-refractivity contribution in [2.45, 2.75) is 18.4 Å². The SMILES string of the molecule is COc1ccccc1-c1nc(CNS(=O)(=O)c2ccc(Cl)cc2)c(C)o1. The van der Waals surface area contributed by atoms with Gasteiger partial charge in [-0.2, -0.15) is 0 Å². The Balaban J connectivity index is 1.81. The predicted molar refractivity (Wildman–Crippen MR) is 98.7 cm³/mol. The van der Waals surface area contributed by atoms with Crippen LogP contribution in [0.5, 0.6) is 5.75 Å². The Morgan fingerprint density at radius 2 is 1.85 bits per heavy atom. The van der Waals surface area contributed by atoms with Crippen molar-refractivity contribution in [3.05, 3.63) is 65.0 Å². The zero-order valence-electron chi connectivity index (χ0n) is 14.2. The molecule has 3 rings (SSSR count). The average Bonchev–Trinajstić information content (AvgIpc) is 3.01. The molecule has 0 aliphatic heterocycles. The fourth-order valence-electron chi connectivity index (χ4n) is 2.39. The zero-order valence-corrected chi connectivity index (χ0v) is 15.8. The van der Waals surface area contributed by atoms with Crippen molar-refractivity contribution in [3.8, 4) is 17.2 Å². The van der Waals surface area contributed by atoms with Gasteiger partial charge in [0, 0.05) is 5.02 Å². The van der Waals surface area contributed by atoms with E-state index in [1.165, 1.54) is 24.3 Å². The Hall–Kier alpha value is -2.35. The number of oxazole rings is 1. The van der Waals surface area contributed by atoms with Crippen molar-refractivity contribution in [3.63, 3.8) is 0 Å². The minimum absolute atomic E-state index is 0.00937. The van der Waals surface area contributed by atoms with Crippen LogP contribution in [-0.2, 0) is 16.6 Å². The number of halogens is 1. The first-order chi connectivity index (χ1) is 12.4. The number of nitrogens with zero attached hydrogens (tertiary/aromatic N) is 1. The molecule has 1 aromatic heterocycles. The van der Waals surface area contributed by atoms with Gasteiger partial charge in [-0.15, -0.1) is 0 Å². The number of sulfonamides is 1. The molecule has 6 nitrogen and oxygen atoms in total. The highest BCUT2D eigenvalue weighted by atomic mass is 35.5. The minimum Gasteiger partial charge on any atom is -0.496 e. The Bertz CT molecular complexity index is 1010. The molecule has 0 saturated carbocycles. The second kappa shape index (κ2) is 7.49. The van der Waals surface area contributed by atoms with Crippen LogP contribution in [0.2, 0.25) is 5.02 Å². The Kier molecular flexibility index (Phi) is 5.31. The minimum atomic E-state index is -3.68. The van der Waals surface area contributed by atoms with E-state index < -0.39 is 10.0 Å². The molecule has 0 radical (unpaired) electrons. The number of rotatable bonds is 6. The highest BCUT2D eigenvalue weighted by molar-refractivity contribution is 7.89. The monoisotopic (exact) mass is 392 g/mol. The van der Waals surface area contributed by atoms with Crippen LogP contribution in [0.4, 0.5) is 0 Å². The van der Waals surface area contributed by atoms with Gasteiger partial charge in [0.1, 0.15) is 11.5 Å². The molecule has 0 aliphatic rings. The van der Waals surface area contributed by atoms with Gasteiger partial charge < -0.3 is 9.15 Å². The largest absolute Gasteiger partial charge is 0.496 e. The van der Waals surface area contributed by atoms with Crippen LogP contribution in [0.1, 0.15) is 11.5 Å². The van der Waals surface area contributed by atoms with Crippen LogP contribution in [0.25, 0.3) is 11.5 Å². The molecule has 0 atom stereocenters. The average molecular weight is 393 g/mol. The maximum atomic E-state index is 12.4. The van der Waals surface area contributed by atoms with Gasteiger partial charge in [0.15, 0.2) is 0 Å². The van der Waals surface area contributed by atoms with E-state index in [2.05, 4.69) is 9.71 Å². The number of aryl methyl sites for hydroxylation is 1. The highest BCUT2D eigenvalue weighted by Crippen LogP contribution is 2.30. The molecule has 8 heteroatoms. The van der Waals surface area contributed by atoms with Gasteiger partial charge in [0.25, 0.3) is 0 Å². The van der Waals surface area contributed by atoms with Crippen molar-refractivity contribution in [2.75, 3.05) is 7.11 Å². The lowest BCUT2D eigenvalue weighted by Gasteiger charge is -2.05. The van der Waals surface area contributed by atoms with Crippen LogP contribution in [0.3, 0.4) is 0 Å². The second-order valence-electron chi connectivity index (χ2n) is 5.50. The van der Waals surface area contributed by atoms with E-state index >= 15 is 0 Å². The van der Waals surface area contributed by atoms with E-state index in [9.17, 15) is 8.42 Å². The van der Waals surface area contributed by atoms with E-state index in [1.54, 1.807) is 20.1 Å². The second-order valence-corrected chi connectivity index (χ2v) is 7.70. The molecule has 0 bridgehead atoms. The lowest BCUT2D eigenvalue weighted by Crippen LogP contribution is -2.23. The van der Waals surface area contributed by atoms with Crippen LogP contribution < -0.4 is 9.46 Å². The molecule has 0 amide bonds. The molecule has 0 saturated heterocycles. The topological polar surface area (TPSA) is 81.4 Å². The molecular weight excluding hydrogens is 376 g/mol. The third kappa shape index (κ3) is 3.90. The van der Waals surface area contributed by atoms with Gasteiger partial charge >= 0.3 is 0 Å². The predicted octanol–water partition coefficient (Wildman–Crippen LogP) is 3.79. The Morgan fingerprint density at radius 3 is 2.54 bits per heavy atom. The summed E-state index contributed by atoms with van der Waals surface area (Å²) in [6.45, 7) is 1.74. The van der Waals surface area contributed by atoms with Gasteiger partial charge in [-0.05, 0) is 43.3 Å². The van der Waals surface area contributed by atoms with Crippen molar-refractivity contribution < 1.29 is 17.6 Å². The number of ether oxygens (including phenoxy) is 1. The fourth-order valence-corrected chi connectivity index (χ4v) is 3.50. The van der Waals surface area contributed by atoms with Crippen molar-refractivity contribution in [1.29, 1.82) is 0 Å². The third-order valence-electron chi connectivity index (χ3n) is 3.78. The number of methoxy groups -OCH3 is 1. The lowest BCUT2D eigenvalue weighted by molar-refractivity contribution is 0.414. The van der Waals surface area contributed by atoms with E-state index in [1.807, 2.05) is 18.2 Å². The highest BCUT2D eigenvalue weighted by Gasteiger charge is 2.18. The fraction of sp³-hybridized carbons (Fsp3) is 0.167. The molecule has 0 spiro atoms. The number of para-hydroxylation sites is 1. The van der Waals surface area contributed by atoms with Crippen molar-refractivity contribution in [1.82, 2.24) is 9.71 Å². The molecule has 2 aromatic carbocycles. The van der Waals surface area contributed by atoms with Crippen molar-refractivity contribution in [2.24, 2.45) is 0 Å². The van der Waals surface area contributed by atoms with Crippen LogP contribution >= 0.6 is 11.6 Å². The lowest BCUT2D eigenvalue weighted by atomic mass is 10.2. The molecule has 136 valence electrons. The zero-order chi connectivity index (χ0) is 18.7. The van der Waals surface area contributed by atoms with E-state index in [4.69, 9.17) is 20.8 Å². The number of aromatic nitrogens is 1. The normalized spacial score (nSPS) is 11.5. The summed E-state index contributed by atoms with van der Waals surface area (Å²) in [5.74, 6) is 1.53. The van der Waals surface area contributed by atoms with E-state index in [0.29, 0.717) is 33.7 Å². The van der Waals surface area contributed by atoms with Gasteiger partial charge in [-0.25, -0.2) is 18.1 Å². The summed E-state index contributed by atoms with van der Waals surface area (Å²) >= 11 is 5.79. The number of hydrogen-bond acceptors (Lipinski definition) is 5. The number of nitrogens with one attached hydrogen (secondary N) is 1. The molecule has 26 heavy (non-hydrogen) atoms. The van der Waals surface area contributed by atoms with Crippen LogP contribution in [0, 0.1) is 6.92 Å². The summed E-state index contributed by atoms with van der Waals surface area (Å²) < 4.78 is 38.3. The number of benzene rings is 2. The van der Waals surface area contributed by atoms with Crippen molar-refractivity contribution >= 4 is 21.6 Å². The maximum Gasteiger partial charge on any atom is 0.240 e. The summed E-state index contributed by atoms with van der Waals surface area (Å²) in [5, 5.41) is 0.470. The van der Waals surface area contributed by atoms with Gasteiger partial charge in [-0.3, -0.25) is 0 Å². The summed E-state index contributed by atoms with van der Waals surface area (Å²) in [4.78, 5) is 4.54. The summed E-state index contributed by atoms with van der Waals surface area (Å²) in [6.07, 6.45) is 0. The molecule has 3 aromatic rings. The van der Waals surface area contributed by atoms with Gasteiger partial charge in [0.05, 0.1) is 29.8 Å². The van der Waals surface area contributed by atoms with Gasteiger partial charge in [0.2, 0.25) is 15.9 Å². The van der Waals surface area contributed by atoms with E-state index in [0.717, 1.165) is 0 Å². The quantitative estimate of drug-likeness (QED) is 0.690. The molecule has 0 fully saturated rings. The first kappa shape index (κ1) is 18.4. The van der Waals surface area contributed by atoms with Crippen LogP contribution in [-0.4, -0.2) is 20.5 Å². The smallest absolute Gasteiger partial charge is 0.240 e. The molecule has 1 N–H and O–H groups in total. The van der Waals surface area contributed by atoms with Crippen LogP contribution in [0.15, 0.2) is 57.8 Å². The van der Waals surface area contributed by atoms with Gasteiger partial charge in [-0.1, -0.05) is 23.7 Å². The summed E-state index contributed by atoms with van der Waals surface area (Å²) in [6, 6.07) is 13.3. The molecule has 0 aliphatic carbocycles. The third-order valence-corrected chi connectivity index (χ3v) is 5.45. The first-order valence-electron chi connectivity index (χ1n) is 7.75. The summed E-state index contributed by atoms with van der Waals surface area (Å²) in [7, 11) is -2.11. The molecular formula is C18H17ClN2O4S. The molecule has 0 unspecified atom stereocenters.